The summed E-state index contributed by atoms with van der Waals surface area (Å²) >= 11 is 0. The molecule has 1 aromatic carbocycles. The van der Waals surface area contributed by atoms with E-state index in [1.165, 1.54) is 5.56 Å². The molecular weight excluding hydrogens is 254 g/mol. The average Bonchev–Trinajstić information content (AvgIpc) is 2.36. The zero-order chi connectivity index (χ0) is 14.5. The second-order valence-electron chi connectivity index (χ2n) is 5.36. The zero-order valence-corrected chi connectivity index (χ0v) is 12.0. The maximum Gasteiger partial charge on any atom is 0.328 e. The molecule has 1 fully saturated rings. The number of hydrogen-bond acceptors (Lipinski definition) is 3. The molecule has 1 aliphatic rings. The molecule has 2 atom stereocenters. The largest absolute Gasteiger partial charge is 0.478 e. The Morgan fingerprint density at radius 3 is 2.45 bits per heavy atom. The molecule has 0 aromatic heterocycles. The van der Waals surface area contributed by atoms with Crippen LogP contribution < -0.4 is 0 Å². The molecule has 108 valence electrons. The first-order valence-corrected chi connectivity index (χ1v) is 6.90. The summed E-state index contributed by atoms with van der Waals surface area (Å²) < 4.78 is 5.72. The van der Waals surface area contributed by atoms with E-state index in [-0.39, 0.29) is 12.2 Å². The molecule has 2 rings (SSSR count). The standard InChI is InChI=1S/C16H21NO3/c1-12-9-17(10-13(2)20-12)11-15-5-3-14(4-6-15)7-8-16(18)19/h3-8,12-13H,9-11H2,1-2H3,(H,18,19)/b8-7+/t12-,13+. The van der Waals surface area contributed by atoms with Crippen LogP contribution in [0.15, 0.2) is 30.3 Å². The van der Waals surface area contributed by atoms with Gasteiger partial charge in [0.1, 0.15) is 0 Å². The molecule has 4 heteroatoms. The minimum absolute atomic E-state index is 0.275. The number of benzene rings is 1. The van der Waals surface area contributed by atoms with Crippen LogP contribution in [0.4, 0.5) is 0 Å². The molecule has 0 bridgehead atoms. The summed E-state index contributed by atoms with van der Waals surface area (Å²) in [5.41, 5.74) is 2.14. The molecule has 1 heterocycles. The molecular formula is C16H21NO3. The van der Waals surface area contributed by atoms with Gasteiger partial charge in [0.05, 0.1) is 12.2 Å². The molecule has 1 saturated heterocycles. The smallest absolute Gasteiger partial charge is 0.328 e. The summed E-state index contributed by atoms with van der Waals surface area (Å²) in [5.74, 6) is -0.926. The zero-order valence-electron chi connectivity index (χ0n) is 12.0. The van der Waals surface area contributed by atoms with Crippen molar-refractivity contribution in [1.82, 2.24) is 4.90 Å². The molecule has 0 radical (unpaired) electrons. The lowest BCUT2D eigenvalue weighted by molar-refractivity contribution is -0.131. The third-order valence-electron chi connectivity index (χ3n) is 3.30. The van der Waals surface area contributed by atoms with Crippen LogP contribution in [0.2, 0.25) is 0 Å². The van der Waals surface area contributed by atoms with Gasteiger partial charge in [-0.05, 0) is 31.1 Å². The minimum Gasteiger partial charge on any atom is -0.478 e. The molecule has 1 aromatic rings. The fourth-order valence-electron chi connectivity index (χ4n) is 2.57. The quantitative estimate of drug-likeness (QED) is 0.857. The van der Waals surface area contributed by atoms with Gasteiger partial charge in [0.15, 0.2) is 0 Å². The van der Waals surface area contributed by atoms with Crippen molar-refractivity contribution in [3.05, 3.63) is 41.5 Å². The summed E-state index contributed by atoms with van der Waals surface area (Å²) in [6.07, 6.45) is 3.30. The Kier molecular flexibility index (Phi) is 4.93. The molecule has 4 nitrogen and oxygen atoms in total. The van der Waals surface area contributed by atoms with Gasteiger partial charge in [-0.3, -0.25) is 4.90 Å². The Hall–Kier alpha value is -1.65. The SMILES string of the molecule is C[C@@H]1CN(Cc2ccc(/C=C/C(=O)O)cc2)C[C@H](C)O1. The number of morpholine rings is 1. The second-order valence-corrected chi connectivity index (χ2v) is 5.36. The van der Waals surface area contributed by atoms with Crippen LogP contribution >= 0.6 is 0 Å². The van der Waals surface area contributed by atoms with E-state index in [0.717, 1.165) is 31.3 Å². The lowest BCUT2D eigenvalue weighted by atomic mass is 10.1. The summed E-state index contributed by atoms with van der Waals surface area (Å²) in [6.45, 7) is 7.00. The Morgan fingerprint density at radius 1 is 1.30 bits per heavy atom. The van der Waals surface area contributed by atoms with E-state index >= 15 is 0 Å². The highest BCUT2D eigenvalue weighted by Crippen LogP contribution is 2.15. The number of nitrogens with zero attached hydrogens (tertiary/aromatic N) is 1. The predicted octanol–water partition coefficient (Wildman–Crippen LogP) is 2.39. The molecule has 20 heavy (non-hydrogen) atoms. The Balaban J connectivity index is 1.95. The third-order valence-corrected chi connectivity index (χ3v) is 3.30. The monoisotopic (exact) mass is 275 g/mol. The lowest BCUT2D eigenvalue weighted by Gasteiger charge is -2.35. The summed E-state index contributed by atoms with van der Waals surface area (Å²) in [5, 5.41) is 8.59. The maximum atomic E-state index is 10.5. The van der Waals surface area contributed by atoms with Crippen LogP contribution in [-0.4, -0.2) is 41.3 Å². The van der Waals surface area contributed by atoms with E-state index in [4.69, 9.17) is 9.84 Å². The van der Waals surface area contributed by atoms with Crippen LogP contribution in [0, 0.1) is 0 Å². The lowest BCUT2D eigenvalue weighted by Crippen LogP contribution is -2.44. The van der Waals surface area contributed by atoms with E-state index < -0.39 is 5.97 Å². The highest BCUT2D eigenvalue weighted by molar-refractivity contribution is 5.85. The number of rotatable bonds is 4. The molecule has 0 unspecified atom stereocenters. The normalized spacial score (nSPS) is 24.1. The van der Waals surface area contributed by atoms with E-state index in [0.29, 0.717) is 0 Å². The van der Waals surface area contributed by atoms with Crippen molar-refractivity contribution in [3.8, 4) is 0 Å². The van der Waals surface area contributed by atoms with Gasteiger partial charge in [0.25, 0.3) is 0 Å². The van der Waals surface area contributed by atoms with Crippen LogP contribution in [0.25, 0.3) is 6.08 Å². The van der Waals surface area contributed by atoms with Gasteiger partial charge in [-0.25, -0.2) is 4.79 Å². The number of ether oxygens (including phenoxy) is 1. The fraction of sp³-hybridized carbons (Fsp3) is 0.438. The topological polar surface area (TPSA) is 49.8 Å². The third kappa shape index (κ3) is 4.47. The van der Waals surface area contributed by atoms with Gasteiger partial charge in [0, 0.05) is 25.7 Å². The fourth-order valence-corrected chi connectivity index (χ4v) is 2.57. The number of hydrogen-bond donors (Lipinski definition) is 1. The van der Waals surface area contributed by atoms with Gasteiger partial charge in [-0.2, -0.15) is 0 Å². The van der Waals surface area contributed by atoms with Crippen molar-refractivity contribution in [2.24, 2.45) is 0 Å². The van der Waals surface area contributed by atoms with Crippen molar-refractivity contribution in [1.29, 1.82) is 0 Å². The van der Waals surface area contributed by atoms with Crippen LogP contribution in [0.3, 0.4) is 0 Å². The summed E-state index contributed by atoms with van der Waals surface area (Å²) in [4.78, 5) is 12.8. The molecule has 0 amide bonds. The number of aliphatic carboxylic acids is 1. The first-order valence-electron chi connectivity index (χ1n) is 6.90. The van der Waals surface area contributed by atoms with Gasteiger partial charge in [0.2, 0.25) is 0 Å². The maximum absolute atomic E-state index is 10.5. The van der Waals surface area contributed by atoms with Crippen molar-refractivity contribution in [2.75, 3.05) is 13.1 Å². The van der Waals surface area contributed by atoms with Crippen molar-refractivity contribution in [2.45, 2.75) is 32.6 Å². The van der Waals surface area contributed by atoms with Crippen molar-refractivity contribution in [3.63, 3.8) is 0 Å². The Bertz CT molecular complexity index is 471. The van der Waals surface area contributed by atoms with Crippen LogP contribution in [0.1, 0.15) is 25.0 Å². The van der Waals surface area contributed by atoms with Crippen LogP contribution in [-0.2, 0) is 16.1 Å². The molecule has 1 N–H and O–H groups in total. The van der Waals surface area contributed by atoms with Gasteiger partial charge in [-0.15, -0.1) is 0 Å². The Morgan fingerprint density at radius 2 is 1.90 bits per heavy atom. The van der Waals surface area contributed by atoms with Crippen molar-refractivity contribution >= 4 is 12.0 Å². The molecule has 0 aliphatic carbocycles. The van der Waals surface area contributed by atoms with Gasteiger partial charge < -0.3 is 9.84 Å². The van der Waals surface area contributed by atoms with E-state index in [1.54, 1.807) is 6.08 Å². The summed E-state index contributed by atoms with van der Waals surface area (Å²) in [6, 6.07) is 7.99. The first kappa shape index (κ1) is 14.8. The van der Waals surface area contributed by atoms with E-state index in [2.05, 4.69) is 18.7 Å². The summed E-state index contributed by atoms with van der Waals surface area (Å²) in [7, 11) is 0. The molecule has 1 aliphatic heterocycles. The van der Waals surface area contributed by atoms with Gasteiger partial charge >= 0.3 is 5.97 Å². The molecule has 0 spiro atoms. The van der Waals surface area contributed by atoms with E-state index in [9.17, 15) is 4.79 Å². The Labute approximate surface area is 119 Å². The first-order chi connectivity index (χ1) is 9.52. The predicted molar refractivity (Wildman–Crippen MR) is 78.4 cm³/mol. The van der Waals surface area contributed by atoms with Crippen molar-refractivity contribution < 1.29 is 14.6 Å². The van der Waals surface area contributed by atoms with E-state index in [1.807, 2.05) is 24.3 Å². The number of carboxylic acid groups (broad SMARTS) is 1. The highest BCUT2D eigenvalue weighted by Gasteiger charge is 2.21. The molecule has 0 saturated carbocycles. The second kappa shape index (κ2) is 6.68. The minimum atomic E-state index is -0.926. The number of carboxylic acids is 1. The van der Waals surface area contributed by atoms with Gasteiger partial charge in [-0.1, -0.05) is 24.3 Å². The highest BCUT2D eigenvalue weighted by atomic mass is 16.5. The van der Waals surface area contributed by atoms with Crippen LogP contribution in [0.5, 0.6) is 0 Å². The number of carbonyl (C=O) groups is 1. The average molecular weight is 275 g/mol.